The number of hydrogen-bond donors (Lipinski definition) is 1. The minimum atomic E-state index is -0.672. The number of nitrogens with one attached hydrogen (secondary N) is 1. The molecule has 0 radical (unpaired) electrons. The van der Waals surface area contributed by atoms with Gasteiger partial charge in [-0.15, -0.1) is 0 Å². The second kappa shape index (κ2) is 11.1. The van der Waals surface area contributed by atoms with Gasteiger partial charge in [0.2, 0.25) is 5.91 Å². The zero-order valence-corrected chi connectivity index (χ0v) is 19.2. The molecule has 8 nitrogen and oxygen atoms in total. The molecular weight excluding hydrogens is 436 g/mol. The molecule has 1 unspecified atom stereocenters. The van der Waals surface area contributed by atoms with E-state index in [1.54, 1.807) is 62.8 Å². The minimum absolute atomic E-state index is 0.0184. The third-order valence-electron chi connectivity index (χ3n) is 5.45. The van der Waals surface area contributed by atoms with Crippen molar-refractivity contribution >= 4 is 17.4 Å². The molecule has 1 atom stereocenters. The van der Waals surface area contributed by atoms with Crippen molar-refractivity contribution in [3.8, 4) is 11.5 Å². The fourth-order valence-electron chi connectivity index (χ4n) is 3.87. The van der Waals surface area contributed by atoms with Crippen molar-refractivity contribution in [3.05, 3.63) is 99.1 Å². The lowest BCUT2D eigenvalue weighted by atomic mass is 9.92. The van der Waals surface area contributed by atoms with Crippen LogP contribution in [-0.2, 0) is 11.2 Å². The Morgan fingerprint density at radius 2 is 1.68 bits per heavy atom. The molecule has 176 valence electrons. The number of hydrogen-bond acceptors (Lipinski definition) is 6. The van der Waals surface area contributed by atoms with Gasteiger partial charge in [0.15, 0.2) is 17.3 Å². The Balaban J connectivity index is 1.98. The fourth-order valence-corrected chi connectivity index (χ4v) is 3.87. The maximum atomic E-state index is 13.1. The molecule has 0 aliphatic heterocycles. The van der Waals surface area contributed by atoms with Crippen LogP contribution in [0, 0.1) is 10.1 Å². The smallest absolute Gasteiger partial charge is 0.285 e. The summed E-state index contributed by atoms with van der Waals surface area (Å²) in [7, 11) is 3.09. The second-order valence-corrected chi connectivity index (χ2v) is 7.68. The number of amides is 1. The van der Waals surface area contributed by atoms with E-state index in [1.165, 1.54) is 13.0 Å². The number of aryl methyl sites for hydroxylation is 1. The van der Waals surface area contributed by atoms with E-state index < -0.39 is 16.7 Å². The standard InChI is InChI=1S/C26H26N2O6/c1-17(29)27-22(14-12-18-13-15-23(33-2)24(16-18)34-3)20-10-7-11-21(25(20)28(31)32)26(30)19-8-5-4-6-9-19/h4-11,13,15-16,22H,12,14H2,1-3H3,(H,27,29). The molecule has 0 bridgehead atoms. The molecular formula is C26H26N2O6. The first-order valence-corrected chi connectivity index (χ1v) is 10.7. The number of nitro benzene ring substituents is 1. The summed E-state index contributed by atoms with van der Waals surface area (Å²) in [4.78, 5) is 36.6. The number of carbonyl (C=O) groups excluding carboxylic acids is 2. The van der Waals surface area contributed by atoms with Crippen LogP contribution >= 0.6 is 0 Å². The Morgan fingerprint density at radius 1 is 0.971 bits per heavy atom. The average Bonchev–Trinajstić information content (AvgIpc) is 2.85. The van der Waals surface area contributed by atoms with Gasteiger partial charge in [0.1, 0.15) is 5.56 Å². The Morgan fingerprint density at radius 3 is 2.29 bits per heavy atom. The number of nitrogens with zero attached hydrogens (tertiary/aromatic N) is 1. The zero-order valence-electron chi connectivity index (χ0n) is 19.2. The molecule has 0 aromatic heterocycles. The van der Waals surface area contributed by atoms with Gasteiger partial charge in [0, 0.05) is 12.5 Å². The van der Waals surface area contributed by atoms with Gasteiger partial charge in [0.05, 0.1) is 30.7 Å². The first-order chi connectivity index (χ1) is 16.3. The molecule has 3 aromatic rings. The van der Waals surface area contributed by atoms with E-state index in [2.05, 4.69) is 5.32 Å². The number of methoxy groups -OCH3 is 2. The maximum Gasteiger partial charge on any atom is 0.285 e. The quantitative estimate of drug-likeness (QED) is 0.267. The third kappa shape index (κ3) is 5.58. The highest BCUT2D eigenvalue weighted by Gasteiger charge is 2.29. The number of rotatable bonds is 10. The Kier molecular flexibility index (Phi) is 7.97. The van der Waals surface area contributed by atoms with E-state index in [0.29, 0.717) is 29.9 Å². The lowest BCUT2D eigenvalue weighted by molar-refractivity contribution is -0.386. The van der Waals surface area contributed by atoms with Crippen LogP contribution in [0.15, 0.2) is 66.7 Å². The van der Waals surface area contributed by atoms with Gasteiger partial charge in [-0.25, -0.2) is 0 Å². The maximum absolute atomic E-state index is 13.1. The van der Waals surface area contributed by atoms with Crippen molar-refractivity contribution in [1.82, 2.24) is 5.32 Å². The fraction of sp³-hybridized carbons (Fsp3) is 0.231. The highest BCUT2D eigenvalue weighted by atomic mass is 16.6. The summed E-state index contributed by atoms with van der Waals surface area (Å²) in [5.74, 6) is 0.381. The van der Waals surface area contributed by atoms with Gasteiger partial charge in [-0.05, 0) is 36.6 Å². The predicted molar refractivity (Wildman–Crippen MR) is 127 cm³/mol. The van der Waals surface area contributed by atoms with E-state index in [9.17, 15) is 19.7 Å². The number of ether oxygens (including phenoxy) is 2. The lowest BCUT2D eigenvalue weighted by Crippen LogP contribution is -2.27. The molecule has 0 saturated carbocycles. The van der Waals surface area contributed by atoms with Gasteiger partial charge in [-0.3, -0.25) is 19.7 Å². The van der Waals surface area contributed by atoms with Crippen molar-refractivity contribution in [3.63, 3.8) is 0 Å². The monoisotopic (exact) mass is 462 g/mol. The van der Waals surface area contributed by atoms with Crippen molar-refractivity contribution < 1.29 is 24.0 Å². The number of para-hydroxylation sites is 1. The van der Waals surface area contributed by atoms with Gasteiger partial charge in [-0.1, -0.05) is 48.5 Å². The molecule has 0 fully saturated rings. The van der Waals surface area contributed by atoms with Crippen LogP contribution < -0.4 is 14.8 Å². The van der Waals surface area contributed by atoms with Crippen LogP contribution in [-0.4, -0.2) is 30.8 Å². The summed E-state index contributed by atoms with van der Waals surface area (Å²) in [5.41, 5.74) is 1.22. The zero-order chi connectivity index (χ0) is 24.7. The van der Waals surface area contributed by atoms with Crippen LogP contribution in [0.1, 0.15) is 46.4 Å². The minimum Gasteiger partial charge on any atom is -0.493 e. The van der Waals surface area contributed by atoms with Gasteiger partial charge in [-0.2, -0.15) is 0 Å². The third-order valence-corrected chi connectivity index (χ3v) is 5.45. The summed E-state index contributed by atoms with van der Waals surface area (Å²) < 4.78 is 10.6. The molecule has 3 rings (SSSR count). The summed E-state index contributed by atoms with van der Waals surface area (Å²) in [6.07, 6.45) is 0.873. The number of nitro groups is 1. The summed E-state index contributed by atoms with van der Waals surface area (Å²) in [6.45, 7) is 1.36. The van der Waals surface area contributed by atoms with E-state index in [4.69, 9.17) is 9.47 Å². The average molecular weight is 463 g/mol. The number of carbonyl (C=O) groups is 2. The summed E-state index contributed by atoms with van der Waals surface area (Å²) >= 11 is 0. The van der Waals surface area contributed by atoms with Gasteiger partial charge < -0.3 is 14.8 Å². The number of benzene rings is 3. The van der Waals surface area contributed by atoms with Crippen molar-refractivity contribution in [2.24, 2.45) is 0 Å². The number of ketones is 1. The molecule has 0 spiro atoms. The van der Waals surface area contributed by atoms with Gasteiger partial charge >= 0.3 is 0 Å². The molecule has 0 heterocycles. The van der Waals surface area contributed by atoms with Crippen LogP contribution in [0.5, 0.6) is 11.5 Å². The molecule has 1 N–H and O–H groups in total. The lowest BCUT2D eigenvalue weighted by Gasteiger charge is -2.20. The van der Waals surface area contributed by atoms with E-state index in [0.717, 1.165) is 5.56 Å². The van der Waals surface area contributed by atoms with Crippen molar-refractivity contribution in [1.29, 1.82) is 0 Å². The summed E-state index contributed by atoms with van der Waals surface area (Å²) in [6, 6.07) is 17.8. The van der Waals surface area contributed by atoms with E-state index in [1.807, 2.05) is 12.1 Å². The molecule has 34 heavy (non-hydrogen) atoms. The molecule has 0 saturated heterocycles. The Labute approximate surface area is 197 Å². The molecule has 1 amide bonds. The van der Waals surface area contributed by atoms with Crippen molar-refractivity contribution in [2.75, 3.05) is 14.2 Å². The van der Waals surface area contributed by atoms with E-state index >= 15 is 0 Å². The van der Waals surface area contributed by atoms with Crippen LogP contribution in [0.3, 0.4) is 0 Å². The normalized spacial score (nSPS) is 11.4. The highest BCUT2D eigenvalue weighted by Crippen LogP contribution is 2.34. The molecule has 3 aromatic carbocycles. The van der Waals surface area contributed by atoms with E-state index in [-0.39, 0.29) is 22.7 Å². The molecule has 8 heteroatoms. The van der Waals surface area contributed by atoms with Crippen LogP contribution in [0.4, 0.5) is 5.69 Å². The first-order valence-electron chi connectivity index (χ1n) is 10.7. The topological polar surface area (TPSA) is 108 Å². The second-order valence-electron chi connectivity index (χ2n) is 7.68. The first kappa shape index (κ1) is 24.4. The van der Waals surface area contributed by atoms with Crippen LogP contribution in [0.2, 0.25) is 0 Å². The Bertz CT molecular complexity index is 1190. The molecule has 0 aliphatic carbocycles. The SMILES string of the molecule is COc1ccc(CCC(NC(C)=O)c2cccc(C(=O)c3ccccc3)c2[N+](=O)[O-])cc1OC. The highest BCUT2D eigenvalue weighted by molar-refractivity contribution is 6.11. The largest absolute Gasteiger partial charge is 0.493 e. The predicted octanol–water partition coefficient (Wildman–Crippen LogP) is 4.65. The molecule has 0 aliphatic rings. The van der Waals surface area contributed by atoms with Crippen molar-refractivity contribution in [2.45, 2.75) is 25.8 Å². The Hall–Kier alpha value is -4.20. The van der Waals surface area contributed by atoms with Gasteiger partial charge in [0.25, 0.3) is 5.69 Å². The van der Waals surface area contributed by atoms with Crippen LogP contribution in [0.25, 0.3) is 0 Å². The summed E-state index contributed by atoms with van der Waals surface area (Å²) in [5, 5.41) is 14.9.